The molecule has 2 heterocycles. The Bertz CT molecular complexity index is 1170. The molecular formula is C26H26FNO6S. The third-order valence-electron chi connectivity index (χ3n) is 6.63. The number of methoxy groups -OCH3 is 1. The number of likely N-dealkylation sites (tertiary alicyclic amines) is 1. The van der Waals surface area contributed by atoms with Crippen LogP contribution in [0, 0.1) is 5.82 Å². The summed E-state index contributed by atoms with van der Waals surface area (Å²) in [5.41, 5.74) is 0.497. The minimum absolute atomic E-state index is 0.116. The van der Waals surface area contributed by atoms with E-state index in [1.807, 2.05) is 0 Å². The number of β-amino-alcohol motifs (C(OH)–C–C–N with tert-alkyl or cyclic N) is 1. The summed E-state index contributed by atoms with van der Waals surface area (Å²) in [6.07, 6.45) is 0.763. The van der Waals surface area contributed by atoms with E-state index in [4.69, 9.17) is 14.2 Å². The topological polar surface area (TPSA) is 85.3 Å². The molecule has 3 aliphatic rings. The fraction of sp³-hybridized carbons (Fsp3) is 0.385. The van der Waals surface area contributed by atoms with E-state index in [1.54, 1.807) is 25.3 Å². The number of benzene rings is 2. The van der Waals surface area contributed by atoms with Crippen LogP contribution in [0.5, 0.6) is 11.5 Å². The maximum absolute atomic E-state index is 13.0. The molecule has 2 aromatic carbocycles. The number of fused-ring (bicyclic) bond motifs is 2. The number of Topliss-reactive ketones (excluding diaryl/α,β-unsaturated/α-hetero) is 2. The van der Waals surface area contributed by atoms with Gasteiger partial charge >= 0.3 is 0 Å². The predicted molar refractivity (Wildman–Crippen MR) is 129 cm³/mol. The molecule has 1 saturated heterocycles. The van der Waals surface area contributed by atoms with Crippen LogP contribution >= 0.6 is 11.8 Å². The first kappa shape index (κ1) is 23.8. The number of aliphatic hydroxyl groups is 1. The van der Waals surface area contributed by atoms with Crippen LogP contribution in [-0.2, 0) is 9.53 Å². The third-order valence-corrected chi connectivity index (χ3v) is 7.95. The molecule has 0 amide bonds. The lowest BCUT2D eigenvalue weighted by Gasteiger charge is -2.45. The lowest BCUT2D eigenvalue weighted by molar-refractivity contribution is -0.111. The van der Waals surface area contributed by atoms with E-state index in [-0.39, 0.29) is 12.4 Å². The number of nitrogens with zero attached hydrogens (tertiary/aromatic N) is 1. The van der Waals surface area contributed by atoms with Crippen LogP contribution < -0.4 is 9.47 Å². The number of halogens is 1. The van der Waals surface area contributed by atoms with Crippen molar-refractivity contribution >= 4 is 29.1 Å². The van der Waals surface area contributed by atoms with Gasteiger partial charge in [0.2, 0.25) is 11.6 Å². The lowest BCUT2D eigenvalue weighted by atomic mass is 9.89. The second-order valence-corrected chi connectivity index (χ2v) is 10.0. The minimum atomic E-state index is -0.689. The molecule has 2 aliphatic heterocycles. The van der Waals surface area contributed by atoms with Crippen LogP contribution in [0.4, 0.5) is 4.39 Å². The molecule has 1 atom stereocenters. The Balaban J connectivity index is 1.22. The van der Waals surface area contributed by atoms with E-state index >= 15 is 0 Å². The molecule has 184 valence electrons. The Morgan fingerprint density at radius 1 is 1.09 bits per heavy atom. The number of thioether (sulfide) groups is 1. The van der Waals surface area contributed by atoms with Gasteiger partial charge in [0, 0.05) is 49.4 Å². The summed E-state index contributed by atoms with van der Waals surface area (Å²) < 4.78 is 30.4. The average Bonchev–Trinajstić information content (AvgIpc) is 2.88. The van der Waals surface area contributed by atoms with Gasteiger partial charge in [0.25, 0.3) is 0 Å². The quantitative estimate of drug-likeness (QED) is 0.606. The Labute approximate surface area is 206 Å². The number of aliphatic hydroxyl groups excluding tert-OH is 1. The van der Waals surface area contributed by atoms with Crippen molar-refractivity contribution in [3.05, 3.63) is 64.3 Å². The molecule has 1 N–H and O–H groups in total. The van der Waals surface area contributed by atoms with Crippen molar-refractivity contribution in [2.24, 2.45) is 0 Å². The van der Waals surface area contributed by atoms with Crippen LogP contribution in [0.2, 0.25) is 0 Å². The van der Waals surface area contributed by atoms with Crippen LogP contribution in [0.3, 0.4) is 0 Å². The number of hydrogen-bond donors (Lipinski definition) is 1. The maximum Gasteiger partial charge on any atom is 0.243 e. The predicted octanol–water partition coefficient (Wildman–Crippen LogP) is 3.31. The lowest BCUT2D eigenvalue weighted by Crippen LogP contribution is -2.51. The molecular weight excluding hydrogens is 473 g/mol. The van der Waals surface area contributed by atoms with Gasteiger partial charge in [0.1, 0.15) is 46.3 Å². The summed E-state index contributed by atoms with van der Waals surface area (Å²) >= 11 is 1.39. The number of rotatable bonds is 6. The van der Waals surface area contributed by atoms with Gasteiger partial charge in [-0.1, -0.05) is 0 Å². The number of ketones is 2. The molecule has 0 radical (unpaired) electrons. The van der Waals surface area contributed by atoms with Gasteiger partial charge in [0.05, 0.1) is 7.11 Å². The van der Waals surface area contributed by atoms with Gasteiger partial charge < -0.3 is 24.2 Å². The van der Waals surface area contributed by atoms with Crippen molar-refractivity contribution in [3.63, 3.8) is 0 Å². The summed E-state index contributed by atoms with van der Waals surface area (Å²) in [6, 6.07) is 10.7. The second-order valence-electron chi connectivity index (χ2n) is 9.02. The Kier molecular flexibility index (Phi) is 6.57. The number of carbonyl (C=O) groups excluding carboxylic acids is 2. The standard InChI is InChI=1S/C26H26FNO6S/c1-32-19-6-7-20-21(12-19)24-25(23(31)22(20)30)35-15-26(34-24)8-10-28(11-9-26)13-17(29)14-33-18-4-2-16(27)3-5-18/h2-7,12,17,29H,8-11,13-15H2,1H3. The summed E-state index contributed by atoms with van der Waals surface area (Å²) in [5, 5.41) is 10.4. The van der Waals surface area contributed by atoms with E-state index < -0.39 is 23.3 Å². The van der Waals surface area contributed by atoms with Gasteiger partial charge in [-0.05, 0) is 42.5 Å². The van der Waals surface area contributed by atoms with Crippen molar-refractivity contribution in [1.29, 1.82) is 0 Å². The number of piperidine rings is 1. The van der Waals surface area contributed by atoms with Crippen molar-refractivity contribution < 1.29 is 33.3 Å². The highest BCUT2D eigenvalue weighted by Crippen LogP contribution is 2.47. The minimum Gasteiger partial charge on any atom is -0.497 e. The highest BCUT2D eigenvalue weighted by atomic mass is 32.2. The van der Waals surface area contributed by atoms with Crippen molar-refractivity contribution in [2.45, 2.75) is 24.5 Å². The summed E-state index contributed by atoms with van der Waals surface area (Å²) in [5.74, 6) is 0.807. The van der Waals surface area contributed by atoms with E-state index in [0.717, 1.165) is 12.8 Å². The van der Waals surface area contributed by atoms with E-state index in [9.17, 15) is 19.1 Å². The summed E-state index contributed by atoms with van der Waals surface area (Å²) in [4.78, 5) is 27.8. The van der Waals surface area contributed by atoms with Crippen LogP contribution in [0.1, 0.15) is 28.8 Å². The van der Waals surface area contributed by atoms with Gasteiger partial charge in [0.15, 0.2) is 0 Å². The molecule has 7 nitrogen and oxygen atoms in total. The van der Waals surface area contributed by atoms with E-state index in [1.165, 1.54) is 36.0 Å². The largest absolute Gasteiger partial charge is 0.497 e. The summed E-state index contributed by atoms with van der Waals surface area (Å²) in [7, 11) is 1.56. The third kappa shape index (κ3) is 4.80. The van der Waals surface area contributed by atoms with E-state index in [0.29, 0.717) is 58.7 Å². The Morgan fingerprint density at radius 3 is 2.51 bits per heavy atom. The second kappa shape index (κ2) is 9.64. The monoisotopic (exact) mass is 499 g/mol. The molecule has 2 aromatic rings. The first-order valence-electron chi connectivity index (χ1n) is 11.5. The number of allylic oxidation sites excluding steroid dienone is 1. The molecule has 5 rings (SSSR count). The van der Waals surface area contributed by atoms with Gasteiger partial charge in [-0.3, -0.25) is 9.59 Å². The van der Waals surface area contributed by atoms with Gasteiger partial charge in [-0.2, -0.15) is 0 Å². The highest BCUT2D eigenvalue weighted by molar-refractivity contribution is 8.04. The van der Waals surface area contributed by atoms with Crippen molar-refractivity contribution in [2.75, 3.05) is 39.1 Å². The normalized spacial score (nSPS) is 20.2. The molecule has 0 bridgehead atoms. The fourth-order valence-corrected chi connectivity index (χ4v) is 5.89. The summed E-state index contributed by atoms with van der Waals surface area (Å²) in [6.45, 7) is 2.00. The van der Waals surface area contributed by atoms with Crippen molar-refractivity contribution in [1.82, 2.24) is 4.90 Å². The van der Waals surface area contributed by atoms with E-state index in [2.05, 4.69) is 4.90 Å². The molecule has 1 unspecified atom stereocenters. The first-order chi connectivity index (χ1) is 16.9. The van der Waals surface area contributed by atoms with Crippen molar-refractivity contribution in [3.8, 4) is 11.5 Å². The van der Waals surface area contributed by atoms with Crippen LogP contribution in [0.15, 0.2) is 47.4 Å². The first-order valence-corrected chi connectivity index (χ1v) is 12.5. The molecule has 9 heteroatoms. The van der Waals surface area contributed by atoms with Crippen LogP contribution in [-0.4, -0.2) is 72.4 Å². The molecule has 1 aliphatic carbocycles. The zero-order chi connectivity index (χ0) is 24.6. The number of ether oxygens (including phenoxy) is 3. The van der Waals surface area contributed by atoms with Crippen LogP contribution in [0.25, 0.3) is 5.76 Å². The Hall–Kier alpha value is -2.88. The number of carbonyl (C=O) groups is 2. The SMILES string of the molecule is COc1ccc2c(c1)C1=C(SCC3(CCN(CC(O)COc4ccc(F)cc4)CC3)O1)C(=O)C2=O. The zero-order valence-electron chi connectivity index (χ0n) is 19.3. The molecule has 35 heavy (non-hydrogen) atoms. The highest BCUT2D eigenvalue weighted by Gasteiger charge is 2.46. The number of hydrogen-bond acceptors (Lipinski definition) is 8. The maximum atomic E-state index is 13.0. The Morgan fingerprint density at radius 2 is 1.80 bits per heavy atom. The smallest absolute Gasteiger partial charge is 0.243 e. The molecule has 0 saturated carbocycles. The van der Waals surface area contributed by atoms with Gasteiger partial charge in [-0.25, -0.2) is 4.39 Å². The molecule has 1 spiro atoms. The average molecular weight is 500 g/mol. The molecule has 1 fully saturated rings. The zero-order valence-corrected chi connectivity index (χ0v) is 20.1. The van der Waals surface area contributed by atoms with Gasteiger partial charge in [-0.15, -0.1) is 11.8 Å². The fourth-order valence-electron chi connectivity index (χ4n) is 4.63. The molecule has 0 aromatic heterocycles.